The SMILES string of the molecule is CCN(CCO)S(=O)(=O)CCCCl. The topological polar surface area (TPSA) is 57.6 Å². The molecular formula is C7H16ClNO3S. The van der Waals surface area contributed by atoms with Crippen molar-refractivity contribution >= 4 is 21.6 Å². The van der Waals surface area contributed by atoms with Gasteiger partial charge in [-0.1, -0.05) is 6.92 Å². The Labute approximate surface area is 84.5 Å². The summed E-state index contributed by atoms with van der Waals surface area (Å²) in [5.41, 5.74) is 0. The summed E-state index contributed by atoms with van der Waals surface area (Å²) in [7, 11) is -3.21. The molecule has 0 aromatic heterocycles. The lowest BCUT2D eigenvalue weighted by Crippen LogP contribution is -2.35. The van der Waals surface area contributed by atoms with Gasteiger partial charge in [-0.2, -0.15) is 4.31 Å². The first-order valence-electron chi connectivity index (χ1n) is 4.23. The highest BCUT2D eigenvalue weighted by molar-refractivity contribution is 7.89. The van der Waals surface area contributed by atoms with Crippen LogP contribution < -0.4 is 0 Å². The summed E-state index contributed by atoms with van der Waals surface area (Å²) in [4.78, 5) is 0. The molecule has 0 heterocycles. The molecule has 0 fully saturated rings. The van der Waals surface area contributed by atoms with Gasteiger partial charge in [-0.3, -0.25) is 0 Å². The molecule has 0 aliphatic carbocycles. The first-order chi connectivity index (χ1) is 6.08. The number of hydrogen-bond donors (Lipinski definition) is 1. The molecular weight excluding hydrogens is 214 g/mol. The van der Waals surface area contributed by atoms with Crippen molar-refractivity contribution in [3.8, 4) is 0 Å². The van der Waals surface area contributed by atoms with E-state index in [0.29, 0.717) is 18.8 Å². The zero-order valence-electron chi connectivity index (χ0n) is 7.74. The molecule has 0 bridgehead atoms. The molecule has 0 amide bonds. The summed E-state index contributed by atoms with van der Waals surface area (Å²) >= 11 is 5.40. The third-order valence-corrected chi connectivity index (χ3v) is 3.93. The fourth-order valence-corrected chi connectivity index (χ4v) is 2.78. The van der Waals surface area contributed by atoms with E-state index in [-0.39, 0.29) is 18.9 Å². The van der Waals surface area contributed by atoms with Gasteiger partial charge in [0.25, 0.3) is 0 Å². The van der Waals surface area contributed by atoms with Crippen LogP contribution in [0.1, 0.15) is 13.3 Å². The number of alkyl halides is 1. The Bertz CT molecular complexity index is 218. The van der Waals surface area contributed by atoms with Crippen molar-refractivity contribution in [2.45, 2.75) is 13.3 Å². The van der Waals surface area contributed by atoms with Gasteiger partial charge in [0.05, 0.1) is 12.4 Å². The average molecular weight is 230 g/mol. The number of sulfonamides is 1. The molecule has 0 aliphatic heterocycles. The van der Waals surface area contributed by atoms with Crippen LogP contribution in [0.25, 0.3) is 0 Å². The molecule has 0 atom stereocenters. The van der Waals surface area contributed by atoms with Crippen LogP contribution in [0.15, 0.2) is 0 Å². The molecule has 0 radical (unpaired) electrons. The van der Waals surface area contributed by atoms with E-state index in [4.69, 9.17) is 16.7 Å². The van der Waals surface area contributed by atoms with Crippen molar-refractivity contribution in [3.05, 3.63) is 0 Å². The van der Waals surface area contributed by atoms with Crippen molar-refractivity contribution in [2.24, 2.45) is 0 Å². The third kappa shape index (κ3) is 4.81. The minimum Gasteiger partial charge on any atom is -0.395 e. The van der Waals surface area contributed by atoms with Gasteiger partial charge < -0.3 is 5.11 Å². The smallest absolute Gasteiger partial charge is 0.214 e. The monoisotopic (exact) mass is 229 g/mol. The van der Waals surface area contributed by atoms with Gasteiger partial charge in [-0.05, 0) is 6.42 Å². The second-order valence-corrected chi connectivity index (χ2v) is 5.04. The summed E-state index contributed by atoms with van der Waals surface area (Å²) in [6.45, 7) is 2.16. The minimum absolute atomic E-state index is 0.0599. The molecule has 0 spiro atoms. The van der Waals surface area contributed by atoms with Crippen molar-refractivity contribution < 1.29 is 13.5 Å². The van der Waals surface area contributed by atoms with Gasteiger partial charge in [0.1, 0.15) is 0 Å². The summed E-state index contributed by atoms with van der Waals surface area (Å²) in [6.07, 6.45) is 0.450. The Morgan fingerprint density at radius 3 is 2.46 bits per heavy atom. The number of aliphatic hydroxyl groups is 1. The molecule has 1 N–H and O–H groups in total. The molecule has 4 nitrogen and oxygen atoms in total. The number of aliphatic hydroxyl groups excluding tert-OH is 1. The first-order valence-corrected chi connectivity index (χ1v) is 6.37. The summed E-state index contributed by atoms with van der Waals surface area (Å²) in [5, 5.41) is 8.62. The van der Waals surface area contributed by atoms with Gasteiger partial charge in [-0.25, -0.2) is 8.42 Å². The molecule has 0 aliphatic rings. The highest BCUT2D eigenvalue weighted by Gasteiger charge is 2.18. The number of nitrogens with zero attached hydrogens (tertiary/aromatic N) is 1. The highest BCUT2D eigenvalue weighted by atomic mass is 35.5. The fraction of sp³-hybridized carbons (Fsp3) is 1.00. The molecule has 6 heteroatoms. The fourth-order valence-electron chi connectivity index (χ4n) is 0.971. The molecule has 0 saturated carbocycles. The number of rotatable bonds is 7. The van der Waals surface area contributed by atoms with Gasteiger partial charge in [0.2, 0.25) is 10.0 Å². The first kappa shape index (κ1) is 13.2. The quantitative estimate of drug-likeness (QED) is 0.638. The Kier molecular flexibility index (Phi) is 6.67. The van der Waals surface area contributed by atoms with Crippen molar-refractivity contribution in [3.63, 3.8) is 0 Å². The van der Waals surface area contributed by atoms with Gasteiger partial charge in [0, 0.05) is 19.0 Å². The van der Waals surface area contributed by atoms with Gasteiger partial charge >= 0.3 is 0 Å². The molecule has 0 saturated heterocycles. The summed E-state index contributed by atoms with van der Waals surface area (Å²) in [6, 6.07) is 0. The summed E-state index contributed by atoms with van der Waals surface area (Å²) < 4.78 is 24.2. The van der Waals surface area contributed by atoms with Crippen LogP contribution in [-0.2, 0) is 10.0 Å². The van der Waals surface area contributed by atoms with Gasteiger partial charge in [0.15, 0.2) is 0 Å². The van der Waals surface area contributed by atoms with E-state index in [1.165, 1.54) is 4.31 Å². The minimum atomic E-state index is -3.21. The second kappa shape index (κ2) is 6.59. The predicted molar refractivity (Wildman–Crippen MR) is 53.5 cm³/mol. The lowest BCUT2D eigenvalue weighted by molar-refractivity contribution is 0.257. The Morgan fingerprint density at radius 1 is 1.46 bits per heavy atom. The zero-order chi connectivity index (χ0) is 10.3. The molecule has 0 aromatic rings. The van der Waals surface area contributed by atoms with E-state index in [0.717, 1.165) is 0 Å². The normalized spacial score (nSPS) is 12.3. The zero-order valence-corrected chi connectivity index (χ0v) is 9.31. The second-order valence-electron chi connectivity index (χ2n) is 2.57. The number of halogens is 1. The highest BCUT2D eigenvalue weighted by Crippen LogP contribution is 2.03. The van der Waals surface area contributed by atoms with E-state index < -0.39 is 10.0 Å². The molecule has 13 heavy (non-hydrogen) atoms. The van der Waals surface area contributed by atoms with E-state index in [9.17, 15) is 8.42 Å². The van der Waals surface area contributed by atoms with Gasteiger partial charge in [-0.15, -0.1) is 11.6 Å². The van der Waals surface area contributed by atoms with Crippen LogP contribution in [0.5, 0.6) is 0 Å². The Hall–Kier alpha value is 0.160. The number of likely N-dealkylation sites (N-methyl/N-ethyl adjacent to an activating group) is 1. The van der Waals surface area contributed by atoms with E-state index in [1.807, 2.05) is 0 Å². The molecule has 0 aromatic carbocycles. The van der Waals surface area contributed by atoms with Crippen LogP contribution in [0.4, 0.5) is 0 Å². The summed E-state index contributed by atoms with van der Waals surface area (Å²) in [5.74, 6) is 0.403. The maximum Gasteiger partial charge on any atom is 0.214 e. The van der Waals surface area contributed by atoms with Crippen molar-refractivity contribution in [2.75, 3.05) is 31.3 Å². The molecule has 80 valence electrons. The third-order valence-electron chi connectivity index (χ3n) is 1.63. The van der Waals surface area contributed by atoms with E-state index in [2.05, 4.69) is 0 Å². The lowest BCUT2D eigenvalue weighted by atomic mass is 10.6. The lowest BCUT2D eigenvalue weighted by Gasteiger charge is -2.18. The largest absolute Gasteiger partial charge is 0.395 e. The van der Waals surface area contributed by atoms with Crippen LogP contribution in [0.2, 0.25) is 0 Å². The van der Waals surface area contributed by atoms with E-state index >= 15 is 0 Å². The maximum atomic E-state index is 11.5. The maximum absolute atomic E-state index is 11.5. The molecule has 0 rings (SSSR count). The van der Waals surface area contributed by atoms with Crippen LogP contribution >= 0.6 is 11.6 Å². The standard InChI is InChI=1S/C7H16ClNO3S/c1-2-9(5-6-10)13(11,12)7-3-4-8/h10H,2-7H2,1H3. The van der Waals surface area contributed by atoms with Crippen LogP contribution in [0.3, 0.4) is 0 Å². The predicted octanol–water partition coefficient (Wildman–Crippen LogP) is 0.259. The Morgan fingerprint density at radius 2 is 2.08 bits per heavy atom. The van der Waals surface area contributed by atoms with Crippen molar-refractivity contribution in [1.29, 1.82) is 0 Å². The Balaban J connectivity index is 4.21. The van der Waals surface area contributed by atoms with E-state index in [1.54, 1.807) is 6.92 Å². The average Bonchev–Trinajstić information content (AvgIpc) is 2.10. The molecule has 0 unspecified atom stereocenters. The van der Waals surface area contributed by atoms with Crippen LogP contribution in [-0.4, -0.2) is 49.2 Å². The number of hydrogen-bond acceptors (Lipinski definition) is 3. The van der Waals surface area contributed by atoms with Crippen LogP contribution in [0, 0.1) is 0 Å². The van der Waals surface area contributed by atoms with Crippen molar-refractivity contribution in [1.82, 2.24) is 4.31 Å².